The molecule has 2 amide bonds. The topological polar surface area (TPSA) is 78.1 Å². The number of imidazole rings is 1. The van der Waals surface area contributed by atoms with E-state index in [-0.39, 0.29) is 17.9 Å². The van der Waals surface area contributed by atoms with Crippen LogP contribution in [0.1, 0.15) is 55.3 Å². The van der Waals surface area contributed by atoms with Crippen molar-refractivity contribution in [1.82, 2.24) is 20.2 Å². The maximum atomic E-state index is 12.9. The first-order valence-corrected chi connectivity index (χ1v) is 9.91. The summed E-state index contributed by atoms with van der Waals surface area (Å²) < 4.78 is 0. The molecule has 0 radical (unpaired) electrons. The van der Waals surface area contributed by atoms with Gasteiger partial charge in [0.2, 0.25) is 5.91 Å². The summed E-state index contributed by atoms with van der Waals surface area (Å²) in [7, 11) is 0. The number of benzene rings is 1. The zero-order chi connectivity index (χ0) is 18.6. The Balaban J connectivity index is 1.44. The molecule has 1 atom stereocenters. The van der Waals surface area contributed by atoms with Crippen LogP contribution in [-0.4, -0.2) is 45.3 Å². The average molecular weight is 366 g/mol. The van der Waals surface area contributed by atoms with Gasteiger partial charge in [0.15, 0.2) is 0 Å². The van der Waals surface area contributed by atoms with Gasteiger partial charge in [0.05, 0.1) is 11.6 Å². The summed E-state index contributed by atoms with van der Waals surface area (Å²) in [6, 6.07) is 7.63. The molecule has 2 aromatic rings. The molecule has 1 aliphatic heterocycles. The van der Waals surface area contributed by atoms with Crippen LogP contribution in [0.4, 0.5) is 0 Å². The van der Waals surface area contributed by atoms with E-state index in [4.69, 9.17) is 0 Å². The Morgan fingerprint density at radius 2 is 1.93 bits per heavy atom. The molecule has 0 bridgehead atoms. The van der Waals surface area contributed by atoms with Gasteiger partial charge in [-0.1, -0.05) is 43.9 Å². The van der Waals surface area contributed by atoms with Crippen molar-refractivity contribution < 1.29 is 9.59 Å². The summed E-state index contributed by atoms with van der Waals surface area (Å²) in [5.41, 5.74) is 1.35. The van der Waals surface area contributed by atoms with Gasteiger partial charge in [-0.2, -0.15) is 0 Å². The maximum Gasteiger partial charge on any atom is 0.252 e. The van der Waals surface area contributed by atoms with E-state index in [0.29, 0.717) is 30.4 Å². The molecule has 2 fully saturated rings. The van der Waals surface area contributed by atoms with Crippen LogP contribution in [0.25, 0.3) is 11.4 Å². The summed E-state index contributed by atoms with van der Waals surface area (Å²) in [5.74, 6) is 0.692. The van der Waals surface area contributed by atoms with Crippen molar-refractivity contribution in [2.45, 2.75) is 57.0 Å². The summed E-state index contributed by atoms with van der Waals surface area (Å²) in [6.45, 7) is 0.623. The van der Waals surface area contributed by atoms with E-state index in [1.54, 1.807) is 18.5 Å². The van der Waals surface area contributed by atoms with Crippen molar-refractivity contribution in [2.24, 2.45) is 0 Å². The van der Waals surface area contributed by atoms with E-state index < -0.39 is 0 Å². The molecule has 4 rings (SSSR count). The maximum absolute atomic E-state index is 12.9. The number of rotatable bonds is 4. The minimum absolute atomic E-state index is 0.127. The second-order valence-electron chi connectivity index (χ2n) is 7.55. The number of hydrogen-bond acceptors (Lipinski definition) is 3. The van der Waals surface area contributed by atoms with E-state index in [0.717, 1.165) is 18.4 Å². The highest BCUT2D eigenvalue weighted by Gasteiger charge is 2.35. The van der Waals surface area contributed by atoms with Crippen molar-refractivity contribution in [1.29, 1.82) is 0 Å². The minimum atomic E-state index is -0.150. The number of hydrogen-bond donors (Lipinski definition) is 2. The van der Waals surface area contributed by atoms with Gasteiger partial charge >= 0.3 is 0 Å². The first-order chi connectivity index (χ1) is 13.2. The van der Waals surface area contributed by atoms with E-state index in [2.05, 4.69) is 15.3 Å². The van der Waals surface area contributed by atoms with Crippen molar-refractivity contribution in [3.8, 4) is 11.4 Å². The fourth-order valence-electron chi connectivity index (χ4n) is 4.31. The number of nitrogens with zero attached hydrogens (tertiary/aromatic N) is 2. The second kappa shape index (κ2) is 7.94. The summed E-state index contributed by atoms with van der Waals surface area (Å²) in [5, 5.41) is 3.07. The van der Waals surface area contributed by atoms with Gasteiger partial charge in [-0.05, 0) is 18.9 Å². The molecule has 6 heteroatoms. The lowest BCUT2D eigenvalue weighted by Gasteiger charge is -2.27. The zero-order valence-corrected chi connectivity index (χ0v) is 15.5. The molecule has 142 valence electrons. The smallest absolute Gasteiger partial charge is 0.252 e. The molecule has 27 heavy (non-hydrogen) atoms. The van der Waals surface area contributed by atoms with Gasteiger partial charge in [0, 0.05) is 37.0 Å². The summed E-state index contributed by atoms with van der Waals surface area (Å²) in [6.07, 6.45) is 10.9. The number of likely N-dealkylation sites (tertiary alicyclic amines) is 1. The first kappa shape index (κ1) is 17.8. The predicted octanol–water partition coefficient (Wildman–Crippen LogP) is 3.13. The van der Waals surface area contributed by atoms with E-state index in [1.807, 2.05) is 23.1 Å². The van der Waals surface area contributed by atoms with Crippen LogP contribution in [-0.2, 0) is 4.79 Å². The van der Waals surface area contributed by atoms with Gasteiger partial charge in [0.1, 0.15) is 5.82 Å². The molecule has 0 spiro atoms. The summed E-state index contributed by atoms with van der Waals surface area (Å²) >= 11 is 0. The molecular weight excluding hydrogens is 340 g/mol. The molecule has 1 aromatic carbocycles. The molecule has 6 nitrogen and oxygen atoms in total. The van der Waals surface area contributed by atoms with E-state index in [1.165, 1.54) is 25.7 Å². The lowest BCUT2D eigenvalue weighted by Crippen LogP contribution is -2.40. The average Bonchev–Trinajstić information content (AvgIpc) is 3.25. The monoisotopic (exact) mass is 366 g/mol. The summed E-state index contributed by atoms with van der Waals surface area (Å²) in [4.78, 5) is 34.7. The van der Waals surface area contributed by atoms with Crippen molar-refractivity contribution in [3.05, 3.63) is 42.2 Å². The molecule has 1 saturated carbocycles. The molecule has 0 unspecified atom stereocenters. The minimum Gasteiger partial charge on any atom is -0.347 e. The third kappa shape index (κ3) is 3.89. The quantitative estimate of drug-likeness (QED) is 0.816. The third-order valence-electron chi connectivity index (χ3n) is 5.68. The van der Waals surface area contributed by atoms with Crippen LogP contribution in [0.5, 0.6) is 0 Å². The van der Waals surface area contributed by atoms with E-state index in [9.17, 15) is 9.59 Å². The Morgan fingerprint density at radius 1 is 1.15 bits per heavy atom. The largest absolute Gasteiger partial charge is 0.347 e. The van der Waals surface area contributed by atoms with Crippen molar-refractivity contribution in [3.63, 3.8) is 0 Å². The van der Waals surface area contributed by atoms with Gasteiger partial charge in [0.25, 0.3) is 5.91 Å². The van der Waals surface area contributed by atoms with E-state index >= 15 is 0 Å². The highest BCUT2D eigenvalue weighted by Crippen LogP contribution is 2.26. The Kier molecular flexibility index (Phi) is 5.23. The van der Waals surface area contributed by atoms with Crippen molar-refractivity contribution in [2.75, 3.05) is 6.54 Å². The number of carbonyl (C=O) groups excluding carboxylic acids is 2. The SMILES string of the molecule is O=C(N[C@@H]1CC(=O)N(C2CCCCCC2)C1)c1ccccc1-c1ncc[nH]1. The predicted molar refractivity (Wildman–Crippen MR) is 103 cm³/mol. The molecule has 1 aliphatic carbocycles. The number of carbonyl (C=O) groups is 2. The molecule has 1 saturated heterocycles. The highest BCUT2D eigenvalue weighted by atomic mass is 16.2. The van der Waals surface area contributed by atoms with Crippen LogP contribution in [0.15, 0.2) is 36.7 Å². The van der Waals surface area contributed by atoms with Gasteiger partial charge < -0.3 is 15.2 Å². The molecular formula is C21H26N4O2. The number of nitrogens with one attached hydrogen (secondary N) is 2. The van der Waals surface area contributed by atoms with Crippen LogP contribution in [0.2, 0.25) is 0 Å². The normalized spacial score (nSPS) is 21.3. The number of amides is 2. The molecule has 1 aromatic heterocycles. The fourth-order valence-corrected chi connectivity index (χ4v) is 4.31. The Hall–Kier alpha value is -2.63. The standard InChI is InChI=1S/C21H26N4O2/c26-19-13-15(14-25(19)16-7-3-1-2-4-8-16)24-21(27)18-10-6-5-9-17(18)20-22-11-12-23-20/h5-6,9-12,15-16H,1-4,7-8,13-14H2,(H,22,23)(H,24,27)/t15-/m1/s1. The molecule has 2 N–H and O–H groups in total. The van der Waals surface area contributed by atoms with Crippen LogP contribution < -0.4 is 5.32 Å². The lowest BCUT2D eigenvalue weighted by atomic mass is 10.1. The Morgan fingerprint density at radius 3 is 2.67 bits per heavy atom. The van der Waals surface area contributed by atoms with Gasteiger partial charge in [-0.15, -0.1) is 0 Å². The lowest BCUT2D eigenvalue weighted by molar-refractivity contribution is -0.129. The van der Waals surface area contributed by atoms with Crippen LogP contribution in [0, 0.1) is 0 Å². The third-order valence-corrected chi connectivity index (χ3v) is 5.68. The van der Waals surface area contributed by atoms with Crippen molar-refractivity contribution >= 4 is 11.8 Å². The van der Waals surface area contributed by atoms with Crippen LogP contribution in [0.3, 0.4) is 0 Å². The first-order valence-electron chi connectivity index (χ1n) is 9.91. The number of H-pyrrole nitrogens is 1. The second-order valence-corrected chi connectivity index (χ2v) is 7.55. The van der Waals surface area contributed by atoms with Gasteiger partial charge in [-0.3, -0.25) is 9.59 Å². The van der Waals surface area contributed by atoms with Crippen LogP contribution >= 0.6 is 0 Å². The molecule has 2 aliphatic rings. The van der Waals surface area contributed by atoms with Gasteiger partial charge in [-0.25, -0.2) is 4.98 Å². The Labute approximate surface area is 159 Å². The highest BCUT2D eigenvalue weighted by molar-refractivity contribution is 6.00. The Bertz CT molecular complexity index is 794. The fraction of sp³-hybridized carbons (Fsp3) is 0.476. The number of aromatic nitrogens is 2. The number of aromatic amines is 1. The molecule has 2 heterocycles. The zero-order valence-electron chi connectivity index (χ0n) is 15.5.